The predicted octanol–water partition coefficient (Wildman–Crippen LogP) is 3.31. The Kier molecular flexibility index (Phi) is 7.56. The quantitative estimate of drug-likeness (QED) is 0.677. The lowest BCUT2D eigenvalue weighted by Gasteiger charge is -2.12. The molecule has 0 atom stereocenters. The molecule has 2 aromatic rings. The number of amides is 1. The molecule has 6 nitrogen and oxygen atoms in total. The van der Waals surface area contributed by atoms with Crippen LogP contribution in [0.3, 0.4) is 0 Å². The van der Waals surface area contributed by atoms with Crippen molar-refractivity contribution in [3.05, 3.63) is 52.5 Å². The summed E-state index contributed by atoms with van der Waals surface area (Å²) in [7, 11) is 4.70. The number of benzene rings is 2. The van der Waals surface area contributed by atoms with Gasteiger partial charge in [0.15, 0.2) is 11.5 Å². The van der Waals surface area contributed by atoms with E-state index in [4.69, 9.17) is 30.5 Å². The molecule has 0 saturated carbocycles. The zero-order chi connectivity index (χ0) is 18.9. The van der Waals surface area contributed by atoms with E-state index in [0.29, 0.717) is 41.0 Å². The molecule has 0 unspecified atom stereocenters. The number of hydrogen-bond donors (Lipinski definition) is 1. The highest BCUT2D eigenvalue weighted by atomic mass is 35.5. The monoisotopic (exact) mass is 379 g/mol. The predicted molar refractivity (Wildman–Crippen MR) is 99.5 cm³/mol. The molecule has 0 radical (unpaired) electrons. The summed E-state index contributed by atoms with van der Waals surface area (Å²) < 4.78 is 20.9. The highest BCUT2D eigenvalue weighted by molar-refractivity contribution is 6.31. The molecule has 2 aromatic carbocycles. The molecule has 0 bridgehead atoms. The van der Waals surface area contributed by atoms with Gasteiger partial charge in [-0.2, -0.15) is 0 Å². The van der Waals surface area contributed by atoms with Crippen molar-refractivity contribution in [3.8, 4) is 17.2 Å². The van der Waals surface area contributed by atoms with Crippen molar-refractivity contribution in [1.29, 1.82) is 0 Å². The van der Waals surface area contributed by atoms with Gasteiger partial charge in [-0.25, -0.2) is 0 Å². The molecule has 26 heavy (non-hydrogen) atoms. The van der Waals surface area contributed by atoms with Crippen molar-refractivity contribution in [1.82, 2.24) is 5.32 Å². The van der Waals surface area contributed by atoms with Crippen LogP contribution in [0.25, 0.3) is 0 Å². The molecule has 7 heteroatoms. The number of halogens is 1. The fourth-order valence-electron chi connectivity index (χ4n) is 2.25. The van der Waals surface area contributed by atoms with Gasteiger partial charge in [0.25, 0.3) is 5.91 Å². The molecule has 2 rings (SSSR count). The number of carbonyl (C=O) groups excluding carboxylic acids is 1. The Morgan fingerprint density at radius 2 is 1.65 bits per heavy atom. The Bertz CT molecular complexity index is 733. The number of hydrogen-bond acceptors (Lipinski definition) is 5. The van der Waals surface area contributed by atoms with Gasteiger partial charge in [0.2, 0.25) is 0 Å². The van der Waals surface area contributed by atoms with Crippen molar-refractivity contribution in [2.75, 3.05) is 34.5 Å². The van der Waals surface area contributed by atoms with Crippen molar-refractivity contribution in [3.63, 3.8) is 0 Å². The summed E-state index contributed by atoms with van der Waals surface area (Å²) in [5.74, 6) is 1.57. The van der Waals surface area contributed by atoms with Crippen LogP contribution in [0.5, 0.6) is 17.2 Å². The van der Waals surface area contributed by atoms with E-state index in [1.807, 2.05) is 0 Å². The fourth-order valence-corrected chi connectivity index (χ4v) is 2.48. The number of nitrogens with one attached hydrogen (secondary N) is 1. The van der Waals surface area contributed by atoms with Crippen LogP contribution in [0, 0.1) is 0 Å². The lowest BCUT2D eigenvalue weighted by molar-refractivity contribution is 0.0950. The summed E-state index contributed by atoms with van der Waals surface area (Å²) >= 11 is 6.23. The van der Waals surface area contributed by atoms with Gasteiger partial charge in [0, 0.05) is 30.3 Å². The van der Waals surface area contributed by atoms with Crippen LogP contribution < -0.4 is 19.5 Å². The van der Waals surface area contributed by atoms with Crippen LogP contribution in [0.1, 0.15) is 15.9 Å². The van der Waals surface area contributed by atoms with E-state index in [2.05, 4.69) is 5.32 Å². The van der Waals surface area contributed by atoms with Gasteiger partial charge in [-0.3, -0.25) is 4.79 Å². The molecule has 1 amide bonds. The second kappa shape index (κ2) is 9.89. The van der Waals surface area contributed by atoms with E-state index in [9.17, 15) is 4.79 Å². The molecule has 0 aliphatic rings. The van der Waals surface area contributed by atoms with Crippen molar-refractivity contribution in [2.45, 2.75) is 6.54 Å². The zero-order valence-electron chi connectivity index (χ0n) is 15.0. The lowest BCUT2D eigenvalue weighted by atomic mass is 10.1. The van der Waals surface area contributed by atoms with Gasteiger partial charge in [0.1, 0.15) is 12.4 Å². The van der Waals surface area contributed by atoms with Crippen LogP contribution in [-0.4, -0.2) is 40.5 Å². The van der Waals surface area contributed by atoms with Gasteiger partial charge in [-0.1, -0.05) is 11.6 Å². The second-order valence-corrected chi connectivity index (χ2v) is 5.75. The zero-order valence-corrected chi connectivity index (χ0v) is 15.8. The summed E-state index contributed by atoms with van der Waals surface area (Å²) in [4.78, 5) is 12.3. The Balaban J connectivity index is 1.98. The summed E-state index contributed by atoms with van der Waals surface area (Å²) in [6.07, 6.45) is 0. The van der Waals surface area contributed by atoms with E-state index in [0.717, 1.165) is 5.56 Å². The first-order chi connectivity index (χ1) is 12.6. The maximum absolute atomic E-state index is 12.3. The van der Waals surface area contributed by atoms with E-state index < -0.39 is 0 Å². The average molecular weight is 380 g/mol. The smallest absolute Gasteiger partial charge is 0.251 e. The topological polar surface area (TPSA) is 66.0 Å². The Hall–Kier alpha value is -2.44. The first kappa shape index (κ1) is 19.9. The Morgan fingerprint density at radius 1 is 1.00 bits per heavy atom. The number of ether oxygens (including phenoxy) is 4. The molecule has 0 aliphatic carbocycles. The van der Waals surface area contributed by atoms with Crippen LogP contribution >= 0.6 is 11.6 Å². The highest BCUT2D eigenvalue weighted by Crippen LogP contribution is 2.33. The Labute approximate surface area is 158 Å². The maximum atomic E-state index is 12.3. The van der Waals surface area contributed by atoms with Crippen LogP contribution in [0.15, 0.2) is 36.4 Å². The summed E-state index contributed by atoms with van der Waals surface area (Å²) in [6, 6.07) is 10.3. The molecular formula is C19H22ClNO5. The van der Waals surface area contributed by atoms with E-state index >= 15 is 0 Å². The SMILES string of the molecule is COCCOc1ccc(C(=O)NCc2cc(OC)c(OC)cc2Cl)cc1. The maximum Gasteiger partial charge on any atom is 0.251 e. The minimum absolute atomic E-state index is 0.209. The Morgan fingerprint density at radius 3 is 2.27 bits per heavy atom. The minimum atomic E-state index is -0.209. The van der Waals surface area contributed by atoms with Crippen LogP contribution in [0.2, 0.25) is 5.02 Å². The highest BCUT2D eigenvalue weighted by Gasteiger charge is 2.12. The first-order valence-electron chi connectivity index (χ1n) is 7.99. The van der Waals surface area contributed by atoms with Gasteiger partial charge in [-0.05, 0) is 35.9 Å². The van der Waals surface area contributed by atoms with E-state index in [-0.39, 0.29) is 12.5 Å². The van der Waals surface area contributed by atoms with Gasteiger partial charge < -0.3 is 24.3 Å². The summed E-state index contributed by atoms with van der Waals surface area (Å²) in [5.41, 5.74) is 1.26. The van der Waals surface area contributed by atoms with Gasteiger partial charge in [-0.15, -0.1) is 0 Å². The molecular weight excluding hydrogens is 358 g/mol. The molecule has 0 spiro atoms. The van der Waals surface area contributed by atoms with E-state index in [1.165, 1.54) is 7.11 Å². The molecule has 0 heterocycles. The van der Waals surface area contributed by atoms with Crippen molar-refractivity contribution >= 4 is 17.5 Å². The summed E-state index contributed by atoms with van der Waals surface area (Å²) in [6.45, 7) is 1.23. The molecule has 0 fully saturated rings. The molecule has 0 aliphatic heterocycles. The number of rotatable bonds is 9. The van der Waals surface area contributed by atoms with Gasteiger partial charge >= 0.3 is 0 Å². The molecule has 1 N–H and O–H groups in total. The third-order valence-corrected chi connectivity index (χ3v) is 4.02. The standard InChI is InChI=1S/C19H22ClNO5/c1-23-8-9-26-15-6-4-13(5-7-15)19(22)21-12-14-10-17(24-2)18(25-3)11-16(14)20/h4-7,10-11H,8-9,12H2,1-3H3,(H,21,22). The fraction of sp³-hybridized carbons (Fsp3) is 0.316. The average Bonchev–Trinajstić information content (AvgIpc) is 2.67. The normalized spacial score (nSPS) is 10.3. The molecule has 0 aromatic heterocycles. The molecule has 140 valence electrons. The number of methoxy groups -OCH3 is 3. The van der Waals surface area contributed by atoms with Crippen molar-refractivity contribution < 1.29 is 23.7 Å². The van der Waals surface area contributed by atoms with Crippen LogP contribution in [-0.2, 0) is 11.3 Å². The lowest BCUT2D eigenvalue weighted by Crippen LogP contribution is -2.23. The largest absolute Gasteiger partial charge is 0.493 e. The first-order valence-corrected chi connectivity index (χ1v) is 8.37. The molecule has 0 saturated heterocycles. The number of carbonyl (C=O) groups is 1. The van der Waals surface area contributed by atoms with E-state index in [1.54, 1.807) is 50.6 Å². The second-order valence-electron chi connectivity index (χ2n) is 5.35. The van der Waals surface area contributed by atoms with Gasteiger partial charge in [0.05, 0.1) is 20.8 Å². The minimum Gasteiger partial charge on any atom is -0.493 e. The third-order valence-electron chi connectivity index (χ3n) is 3.66. The van der Waals surface area contributed by atoms with Crippen LogP contribution in [0.4, 0.5) is 0 Å². The third kappa shape index (κ3) is 5.28. The summed E-state index contributed by atoms with van der Waals surface area (Å²) in [5, 5.41) is 3.33. The van der Waals surface area contributed by atoms with Crippen molar-refractivity contribution in [2.24, 2.45) is 0 Å².